The highest BCUT2D eigenvalue weighted by molar-refractivity contribution is 9.09. The first-order chi connectivity index (χ1) is 8.02. The van der Waals surface area contributed by atoms with Crippen molar-refractivity contribution < 1.29 is 14.3 Å². The zero-order valence-electron chi connectivity index (χ0n) is 10.8. The van der Waals surface area contributed by atoms with Gasteiger partial charge in [-0.2, -0.15) is 0 Å². The molecule has 4 heteroatoms. The van der Waals surface area contributed by atoms with Gasteiger partial charge in [-0.1, -0.05) is 41.8 Å². The van der Waals surface area contributed by atoms with Gasteiger partial charge in [-0.05, 0) is 26.7 Å². The first-order valence-electron chi connectivity index (χ1n) is 6.03. The second-order valence-electron chi connectivity index (χ2n) is 4.12. The fourth-order valence-corrected chi connectivity index (χ4v) is 1.60. The van der Waals surface area contributed by atoms with Gasteiger partial charge in [0.2, 0.25) is 0 Å². The van der Waals surface area contributed by atoms with Crippen LogP contribution in [-0.4, -0.2) is 23.2 Å². The highest BCUT2D eigenvalue weighted by Crippen LogP contribution is 2.09. The van der Waals surface area contributed by atoms with Crippen LogP contribution in [0, 0.1) is 0 Å². The largest absolute Gasteiger partial charge is 0.459 e. The first-order valence-corrected chi connectivity index (χ1v) is 7.15. The van der Waals surface area contributed by atoms with Crippen LogP contribution < -0.4 is 0 Å². The van der Waals surface area contributed by atoms with Crippen molar-refractivity contribution in [1.82, 2.24) is 0 Å². The number of alkyl halides is 1. The van der Waals surface area contributed by atoms with Crippen molar-refractivity contribution >= 4 is 27.7 Å². The van der Waals surface area contributed by atoms with Gasteiger partial charge in [0, 0.05) is 0 Å². The smallest absolute Gasteiger partial charge is 0.341 e. The Morgan fingerprint density at radius 1 is 1.29 bits per heavy atom. The molecule has 98 valence electrons. The Labute approximate surface area is 112 Å². The van der Waals surface area contributed by atoms with E-state index in [2.05, 4.69) is 22.9 Å². The summed E-state index contributed by atoms with van der Waals surface area (Å²) in [6, 6.07) is 0. The lowest BCUT2D eigenvalue weighted by Crippen LogP contribution is -2.20. The summed E-state index contributed by atoms with van der Waals surface area (Å²) in [5.41, 5.74) is 0.173. The van der Waals surface area contributed by atoms with Crippen molar-refractivity contribution in [2.45, 2.75) is 52.6 Å². The highest BCUT2D eigenvalue weighted by Gasteiger charge is 2.19. The Balaban J connectivity index is 4.52. The third-order valence-corrected chi connectivity index (χ3v) is 2.65. The predicted molar refractivity (Wildman–Crippen MR) is 72.3 cm³/mol. The van der Waals surface area contributed by atoms with Crippen LogP contribution in [0.5, 0.6) is 0 Å². The molecule has 0 aliphatic heterocycles. The average Bonchev–Trinajstić information content (AvgIpc) is 2.27. The van der Waals surface area contributed by atoms with Gasteiger partial charge >= 0.3 is 5.97 Å². The number of allylic oxidation sites excluding steroid dienone is 1. The molecule has 0 radical (unpaired) electrons. The zero-order chi connectivity index (χ0) is 13.3. The molecular weight excluding hydrogens is 284 g/mol. The molecule has 0 fully saturated rings. The maximum absolute atomic E-state index is 11.7. The van der Waals surface area contributed by atoms with Crippen molar-refractivity contribution in [1.29, 1.82) is 0 Å². The second kappa shape index (κ2) is 9.40. The second-order valence-corrected chi connectivity index (χ2v) is 4.69. The number of halogens is 1. The van der Waals surface area contributed by atoms with Crippen LogP contribution in [0.2, 0.25) is 0 Å². The molecule has 0 bridgehead atoms. The lowest BCUT2D eigenvalue weighted by molar-refractivity contribution is -0.143. The molecule has 0 aliphatic carbocycles. The number of Topliss-reactive ketones (excluding diaryl/α,β-unsaturated/α-hetero) is 1. The third-order valence-electron chi connectivity index (χ3n) is 2.14. The SMILES string of the molecule is CCCCCC=C(C(=O)CBr)C(=O)OC(C)C. The summed E-state index contributed by atoms with van der Waals surface area (Å²) >= 11 is 3.07. The van der Waals surface area contributed by atoms with Crippen LogP contribution in [0.3, 0.4) is 0 Å². The molecule has 0 rings (SSSR count). The summed E-state index contributed by atoms with van der Waals surface area (Å²) in [7, 11) is 0. The van der Waals surface area contributed by atoms with Crippen LogP contribution in [0.15, 0.2) is 11.6 Å². The van der Waals surface area contributed by atoms with E-state index in [0.29, 0.717) is 0 Å². The van der Waals surface area contributed by atoms with E-state index in [4.69, 9.17) is 4.74 Å². The summed E-state index contributed by atoms with van der Waals surface area (Å²) < 4.78 is 5.04. The summed E-state index contributed by atoms with van der Waals surface area (Å²) in [5.74, 6) is -0.729. The molecule has 0 saturated carbocycles. The van der Waals surface area contributed by atoms with E-state index in [1.54, 1.807) is 19.9 Å². The van der Waals surface area contributed by atoms with Crippen molar-refractivity contribution in [2.24, 2.45) is 0 Å². The molecule has 17 heavy (non-hydrogen) atoms. The van der Waals surface area contributed by atoms with Crippen LogP contribution in [0.1, 0.15) is 46.5 Å². The number of carbonyl (C=O) groups excluding carboxylic acids is 2. The van der Waals surface area contributed by atoms with Crippen LogP contribution in [0.25, 0.3) is 0 Å². The first kappa shape index (κ1) is 16.4. The minimum Gasteiger partial charge on any atom is -0.459 e. The number of unbranched alkanes of at least 4 members (excludes halogenated alkanes) is 3. The van der Waals surface area contributed by atoms with E-state index in [9.17, 15) is 9.59 Å². The number of hydrogen-bond donors (Lipinski definition) is 0. The van der Waals surface area contributed by atoms with E-state index in [-0.39, 0.29) is 22.8 Å². The number of ether oxygens (including phenoxy) is 1. The Hall–Kier alpha value is -0.640. The van der Waals surface area contributed by atoms with Crippen molar-refractivity contribution in [3.63, 3.8) is 0 Å². The minimum atomic E-state index is -0.513. The molecule has 0 aromatic carbocycles. The lowest BCUT2D eigenvalue weighted by atomic mass is 10.1. The monoisotopic (exact) mass is 304 g/mol. The Morgan fingerprint density at radius 3 is 2.41 bits per heavy atom. The van der Waals surface area contributed by atoms with Gasteiger partial charge in [0.1, 0.15) is 0 Å². The number of rotatable bonds is 8. The average molecular weight is 305 g/mol. The number of hydrogen-bond acceptors (Lipinski definition) is 3. The predicted octanol–water partition coefficient (Wildman–Crippen LogP) is 3.41. The van der Waals surface area contributed by atoms with E-state index in [0.717, 1.165) is 25.7 Å². The van der Waals surface area contributed by atoms with Crippen molar-refractivity contribution in [3.05, 3.63) is 11.6 Å². The summed E-state index contributed by atoms with van der Waals surface area (Å²) in [6.07, 6.45) is 5.45. The fraction of sp³-hybridized carbons (Fsp3) is 0.692. The standard InChI is InChI=1S/C13H21BrO3/c1-4-5-6-7-8-11(12(15)9-14)13(16)17-10(2)3/h8,10H,4-7,9H2,1-3H3. The molecule has 0 spiro atoms. The number of ketones is 1. The minimum absolute atomic E-state index is 0.153. The van der Waals surface area contributed by atoms with Crippen LogP contribution >= 0.6 is 15.9 Å². The highest BCUT2D eigenvalue weighted by atomic mass is 79.9. The van der Waals surface area contributed by atoms with Gasteiger partial charge in [0.05, 0.1) is 17.0 Å². The molecule has 0 amide bonds. The molecule has 0 atom stereocenters. The Morgan fingerprint density at radius 2 is 1.94 bits per heavy atom. The van der Waals surface area contributed by atoms with E-state index in [1.165, 1.54) is 0 Å². The van der Waals surface area contributed by atoms with Crippen molar-refractivity contribution in [2.75, 3.05) is 5.33 Å². The molecule has 0 aliphatic rings. The maximum Gasteiger partial charge on any atom is 0.341 e. The van der Waals surface area contributed by atoms with Crippen molar-refractivity contribution in [3.8, 4) is 0 Å². The topological polar surface area (TPSA) is 43.4 Å². The number of carbonyl (C=O) groups is 2. The molecular formula is C13H21BrO3. The molecule has 0 saturated heterocycles. The van der Waals surface area contributed by atoms with Gasteiger partial charge < -0.3 is 4.74 Å². The summed E-state index contributed by atoms with van der Waals surface area (Å²) in [6.45, 7) is 5.65. The van der Waals surface area contributed by atoms with Gasteiger partial charge in [0.15, 0.2) is 5.78 Å². The summed E-state index contributed by atoms with van der Waals surface area (Å²) in [5, 5.41) is 0.153. The van der Waals surface area contributed by atoms with E-state index in [1.807, 2.05) is 0 Å². The molecule has 0 unspecified atom stereocenters. The molecule has 0 aromatic rings. The van der Waals surface area contributed by atoms with Gasteiger partial charge in [-0.3, -0.25) is 4.79 Å². The molecule has 0 aromatic heterocycles. The van der Waals surface area contributed by atoms with Gasteiger partial charge in [-0.15, -0.1) is 0 Å². The zero-order valence-corrected chi connectivity index (χ0v) is 12.4. The van der Waals surface area contributed by atoms with Crippen LogP contribution in [-0.2, 0) is 14.3 Å². The van der Waals surface area contributed by atoms with E-state index >= 15 is 0 Å². The van der Waals surface area contributed by atoms with E-state index < -0.39 is 5.97 Å². The Bertz CT molecular complexity index is 282. The normalized spacial score (nSPS) is 11.7. The third kappa shape index (κ3) is 7.31. The van der Waals surface area contributed by atoms with Crippen LogP contribution in [0.4, 0.5) is 0 Å². The Kier molecular flexibility index (Phi) is 9.04. The van der Waals surface area contributed by atoms with Gasteiger partial charge in [-0.25, -0.2) is 4.79 Å². The molecule has 0 N–H and O–H groups in total. The lowest BCUT2D eigenvalue weighted by Gasteiger charge is -2.09. The van der Waals surface area contributed by atoms with Gasteiger partial charge in [0.25, 0.3) is 0 Å². The summed E-state index contributed by atoms with van der Waals surface area (Å²) in [4.78, 5) is 23.3. The quantitative estimate of drug-likeness (QED) is 0.172. The fourth-order valence-electron chi connectivity index (χ4n) is 1.30. The number of esters is 1. The molecule has 3 nitrogen and oxygen atoms in total. The molecule has 0 heterocycles. The maximum atomic E-state index is 11.7.